The molecule has 0 aliphatic carbocycles. The smallest absolute Gasteiger partial charge is 0.185 e. The van der Waals surface area contributed by atoms with Crippen LogP contribution in [0.3, 0.4) is 0 Å². The van der Waals surface area contributed by atoms with Gasteiger partial charge in [-0.15, -0.1) is 0 Å². The maximum Gasteiger partial charge on any atom is 0.185 e. The van der Waals surface area contributed by atoms with Gasteiger partial charge in [-0.1, -0.05) is 29.8 Å². The number of hydrogen-bond acceptors (Lipinski definition) is 2. The Kier molecular flexibility index (Phi) is 3.72. The van der Waals surface area contributed by atoms with Gasteiger partial charge in [-0.05, 0) is 26.0 Å². The van der Waals surface area contributed by atoms with Crippen molar-refractivity contribution in [3.63, 3.8) is 0 Å². The van der Waals surface area contributed by atoms with Crippen molar-refractivity contribution in [1.82, 2.24) is 9.78 Å². The highest BCUT2D eigenvalue weighted by Crippen LogP contribution is 2.07. The van der Waals surface area contributed by atoms with E-state index in [1.54, 1.807) is 18.3 Å². The van der Waals surface area contributed by atoms with E-state index in [0.717, 1.165) is 17.7 Å². The first-order chi connectivity index (χ1) is 8.69. The Morgan fingerprint density at radius 1 is 1.33 bits per heavy atom. The van der Waals surface area contributed by atoms with Gasteiger partial charge in [-0.25, -0.2) is 0 Å². The molecule has 1 aromatic heterocycles. The third-order valence-electron chi connectivity index (χ3n) is 2.74. The lowest BCUT2D eigenvalue weighted by molar-refractivity contribution is 0.104. The zero-order valence-corrected chi connectivity index (χ0v) is 10.6. The predicted molar refractivity (Wildman–Crippen MR) is 72.4 cm³/mol. The Bertz CT molecular complexity index is 564. The van der Waals surface area contributed by atoms with Crippen molar-refractivity contribution in [3.8, 4) is 0 Å². The molecule has 92 valence electrons. The molecule has 0 radical (unpaired) electrons. The zero-order chi connectivity index (χ0) is 13.0. The largest absolute Gasteiger partial charge is 0.289 e. The number of allylic oxidation sites excluding steroid dienone is 1. The average Bonchev–Trinajstić information content (AvgIpc) is 2.85. The molecule has 0 bridgehead atoms. The summed E-state index contributed by atoms with van der Waals surface area (Å²) in [6, 6.07) is 7.57. The van der Waals surface area contributed by atoms with Gasteiger partial charge in [0.05, 0.1) is 6.20 Å². The lowest BCUT2D eigenvalue weighted by Gasteiger charge is -1.96. The molecule has 0 amide bonds. The van der Waals surface area contributed by atoms with E-state index < -0.39 is 0 Å². The van der Waals surface area contributed by atoms with Gasteiger partial charge in [0.2, 0.25) is 0 Å². The molecule has 0 N–H and O–H groups in total. The molecule has 2 aromatic rings. The Hall–Kier alpha value is -2.16. The molecule has 0 saturated heterocycles. The van der Waals surface area contributed by atoms with Gasteiger partial charge in [0.25, 0.3) is 0 Å². The third-order valence-corrected chi connectivity index (χ3v) is 2.74. The predicted octanol–water partition coefficient (Wildman–Crippen LogP) is 3.11. The van der Waals surface area contributed by atoms with Gasteiger partial charge in [-0.2, -0.15) is 5.10 Å². The van der Waals surface area contributed by atoms with E-state index in [2.05, 4.69) is 5.10 Å². The zero-order valence-electron chi connectivity index (χ0n) is 10.6. The fraction of sp³-hybridized carbons (Fsp3) is 0.200. The molecule has 0 unspecified atom stereocenters. The van der Waals surface area contributed by atoms with Crippen LogP contribution < -0.4 is 0 Å². The summed E-state index contributed by atoms with van der Waals surface area (Å²) in [4.78, 5) is 11.9. The molecule has 3 nitrogen and oxygen atoms in total. The maximum atomic E-state index is 11.9. The summed E-state index contributed by atoms with van der Waals surface area (Å²) in [5.74, 6) is 0.0132. The van der Waals surface area contributed by atoms with Crippen molar-refractivity contribution in [3.05, 3.63) is 59.4 Å². The Labute approximate surface area is 107 Å². The van der Waals surface area contributed by atoms with Crippen LogP contribution in [0.1, 0.15) is 28.4 Å². The normalized spacial score (nSPS) is 11.0. The van der Waals surface area contributed by atoms with Crippen molar-refractivity contribution >= 4 is 11.9 Å². The molecule has 2 rings (SSSR count). The fourth-order valence-corrected chi connectivity index (χ4v) is 1.62. The van der Waals surface area contributed by atoms with Crippen molar-refractivity contribution in [2.75, 3.05) is 0 Å². The topological polar surface area (TPSA) is 34.9 Å². The summed E-state index contributed by atoms with van der Waals surface area (Å²) < 4.78 is 1.83. The van der Waals surface area contributed by atoms with Crippen LogP contribution in [0.15, 0.2) is 42.7 Å². The Morgan fingerprint density at radius 3 is 2.67 bits per heavy atom. The number of hydrogen-bond donors (Lipinski definition) is 0. The quantitative estimate of drug-likeness (QED) is 0.608. The minimum absolute atomic E-state index is 0.0132. The highest BCUT2D eigenvalue weighted by atomic mass is 16.1. The highest BCUT2D eigenvalue weighted by Gasteiger charge is 2.01. The molecule has 1 aromatic carbocycles. The summed E-state index contributed by atoms with van der Waals surface area (Å²) in [6.45, 7) is 4.86. The van der Waals surface area contributed by atoms with E-state index in [9.17, 15) is 4.79 Å². The molecule has 3 heteroatoms. The van der Waals surface area contributed by atoms with Gasteiger partial charge < -0.3 is 0 Å². The number of benzene rings is 1. The SMILES string of the molecule is CCn1cc(C=CC(=O)c2ccc(C)cc2)cn1. The number of nitrogens with zero attached hydrogens (tertiary/aromatic N) is 2. The number of carbonyl (C=O) groups is 1. The number of rotatable bonds is 4. The first-order valence-electron chi connectivity index (χ1n) is 6.00. The Balaban J connectivity index is 2.09. The number of carbonyl (C=O) groups excluding carboxylic acids is 1. The summed E-state index contributed by atoms with van der Waals surface area (Å²) in [7, 11) is 0. The summed E-state index contributed by atoms with van der Waals surface area (Å²) in [5.41, 5.74) is 2.80. The van der Waals surface area contributed by atoms with Crippen LogP contribution in [-0.4, -0.2) is 15.6 Å². The maximum absolute atomic E-state index is 11.9. The van der Waals surface area contributed by atoms with Gasteiger partial charge in [-0.3, -0.25) is 9.48 Å². The lowest BCUT2D eigenvalue weighted by Crippen LogP contribution is -1.93. The first kappa shape index (κ1) is 12.3. The molecule has 0 fully saturated rings. The minimum atomic E-state index is 0.0132. The summed E-state index contributed by atoms with van der Waals surface area (Å²) >= 11 is 0. The van der Waals surface area contributed by atoms with Crippen LogP contribution >= 0.6 is 0 Å². The van der Waals surface area contributed by atoms with E-state index in [1.165, 1.54) is 0 Å². The first-order valence-corrected chi connectivity index (χ1v) is 6.00. The van der Waals surface area contributed by atoms with E-state index in [1.807, 2.05) is 49.0 Å². The molecular formula is C15H16N2O. The van der Waals surface area contributed by atoms with Gasteiger partial charge in [0.1, 0.15) is 0 Å². The fourth-order valence-electron chi connectivity index (χ4n) is 1.62. The standard InChI is InChI=1S/C15H16N2O/c1-3-17-11-13(10-16-17)6-9-15(18)14-7-4-12(2)5-8-14/h4-11H,3H2,1-2H3. The number of aryl methyl sites for hydroxylation is 2. The molecule has 0 spiro atoms. The van der Waals surface area contributed by atoms with Crippen LogP contribution in [0.25, 0.3) is 6.08 Å². The van der Waals surface area contributed by atoms with Crippen LogP contribution in [0.5, 0.6) is 0 Å². The monoisotopic (exact) mass is 240 g/mol. The average molecular weight is 240 g/mol. The highest BCUT2D eigenvalue weighted by molar-refractivity contribution is 6.06. The second kappa shape index (κ2) is 5.45. The lowest BCUT2D eigenvalue weighted by atomic mass is 10.1. The van der Waals surface area contributed by atoms with Crippen LogP contribution in [0, 0.1) is 6.92 Å². The van der Waals surface area contributed by atoms with Gasteiger partial charge >= 0.3 is 0 Å². The van der Waals surface area contributed by atoms with Crippen LogP contribution in [0.2, 0.25) is 0 Å². The molecule has 18 heavy (non-hydrogen) atoms. The van der Waals surface area contributed by atoms with Crippen molar-refractivity contribution in [2.24, 2.45) is 0 Å². The second-order valence-electron chi connectivity index (χ2n) is 4.19. The number of ketones is 1. The van der Waals surface area contributed by atoms with E-state index in [4.69, 9.17) is 0 Å². The van der Waals surface area contributed by atoms with Gasteiger partial charge in [0.15, 0.2) is 5.78 Å². The van der Waals surface area contributed by atoms with E-state index in [0.29, 0.717) is 5.56 Å². The molecule has 1 heterocycles. The molecular weight excluding hydrogens is 224 g/mol. The molecule has 0 aliphatic heterocycles. The van der Waals surface area contributed by atoms with E-state index in [-0.39, 0.29) is 5.78 Å². The van der Waals surface area contributed by atoms with E-state index >= 15 is 0 Å². The molecule has 0 saturated carbocycles. The van der Waals surface area contributed by atoms with Crippen LogP contribution in [0.4, 0.5) is 0 Å². The van der Waals surface area contributed by atoms with Gasteiger partial charge in [0, 0.05) is 23.9 Å². The third kappa shape index (κ3) is 2.94. The van der Waals surface area contributed by atoms with Crippen molar-refractivity contribution in [1.29, 1.82) is 0 Å². The van der Waals surface area contributed by atoms with Crippen LogP contribution in [-0.2, 0) is 6.54 Å². The number of aromatic nitrogens is 2. The molecule has 0 atom stereocenters. The summed E-state index contributed by atoms with van der Waals surface area (Å²) in [5, 5.41) is 4.15. The Morgan fingerprint density at radius 2 is 2.06 bits per heavy atom. The van der Waals surface area contributed by atoms with Crippen molar-refractivity contribution in [2.45, 2.75) is 20.4 Å². The second-order valence-corrected chi connectivity index (χ2v) is 4.19. The minimum Gasteiger partial charge on any atom is -0.289 e. The van der Waals surface area contributed by atoms with Crippen molar-refractivity contribution < 1.29 is 4.79 Å². The molecule has 0 aliphatic rings. The summed E-state index contributed by atoms with van der Waals surface area (Å²) in [6.07, 6.45) is 7.05.